The standard InChI is InChI=1S/C18H22N2OS/c1-14(15-7-3-2-4-8-15)19-18(21)13-20-11-5-9-16(20)17-10-6-12-22-17/h2-4,6-8,10,12,14,16H,5,9,11,13H2,1H3,(H,19,21)/t14-,16+/m0/s1. The van der Waals surface area contributed by atoms with E-state index in [0.717, 1.165) is 18.5 Å². The van der Waals surface area contributed by atoms with Crippen LogP contribution in [0, 0.1) is 0 Å². The van der Waals surface area contributed by atoms with Crippen LogP contribution in [0.25, 0.3) is 0 Å². The molecule has 1 amide bonds. The zero-order chi connectivity index (χ0) is 15.4. The number of amides is 1. The number of hydrogen-bond donors (Lipinski definition) is 1. The molecule has 22 heavy (non-hydrogen) atoms. The fraction of sp³-hybridized carbons (Fsp3) is 0.389. The van der Waals surface area contributed by atoms with Crippen molar-refractivity contribution in [3.63, 3.8) is 0 Å². The molecule has 2 atom stereocenters. The van der Waals surface area contributed by atoms with Gasteiger partial charge in [-0.1, -0.05) is 36.4 Å². The summed E-state index contributed by atoms with van der Waals surface area (Å²) in [6, 6.07) is 14.8. The molecule has 0 aliphatic carbocycles. The number of carbonyl (C=O) groups is 1. The summed E-state index contributed by atoms with van der Waals surface area (Å²) < 4.78 is 0. The lowest BCUT2D eigenvalue weighted by molar-refractivity contribution is -0.123. The summed E-state index contributed by atoms with van der Waals surface area (Å²) in [4.78, 5) is 16.0. The molecule has 116 valence electrons. The SMILES string of the molecule is C[C@H](NC(=O)CN1CCC[C@@H]1c1cccs1)c1ccccc1. The van der Waals surface area contributed by atoms with Crippen molar-refractivity contribution >= 4 is 17.2 Å². The molecule has 4 heteroatoms. The van der Waals surface area contributed by atoms with Crippen LogP contribution in [0.2, 0.25) is 0 Å². The predicted octanol–water partition coefficient (Wildman–Crippen LogP) is 3.76. The monoisotopic (exact) mass is 314 g/mol. The molecular weight excluding hydrogens is 292 g/mol. The Balaban J connectivity index is 1.57. The molecule has 3 rings (SSSR count). The molecule has 1 saturated heterocycles. The Morgan fingerprint density at radius 2 is 2.14 bits per heavy atom. The highest BCUT2D eigenvalue weighted by atomic mass is 32.1. The van der Waals surface area contributed by atoms with E-state index in [1.165, 1.54) is 11.3 Å². The molecule has 0 spiro atoms. The average molecular weight is 314 g/mol. The first-order chi connectivity index (χ1) is 10.7. The van der Waals surface area contributed by atoms with Gasteiger partial charge in [-0.3, -0.25) is 9.69 Å². The van der Waals surface area contributed by atoms with Crippen molar-refractivity contribution in [1.29, 1.82) is 0 Å². The first-order valence-corrected chi connectivity index (χ1v) is 8.74. The number of likely N-dealkylation sites (tertiary alicyclic amines) is 1. The Bertz CT molecular complexity index is 597. The van der Waals surface area contributed by atoms with E-state index >= 15 is 0 Å². The van der Waals surface area contributed by atoms with Crippen LogP contribution in [0.1, 0.15) is 42.3 Å². The fourth-order valence-corrected chi connectivity index (χ4v) is 4.01. The number of benzene rings is 1. The van der Waals surface area contributed by atoms with Crippen LogP contribution in [0.3, 0.4) is 0 Å². The highest BCUT2D eigenvalue weighted by Crippen LogP contribution is 2.34. The summed E-state index contributed by atoms with van der Waals surface area (Å²) in [7, 11) is 0. The van der Waals surface area contributed by atoms with E-state index in [0.29, 0.717) is 12.6 Å². The molecule has 1 aliphatic heterocycles. The maximum absolute atomic E-state index is 12.3. The number of carbonyl (C=O) groups excluding carboxylic acids is 1. The Hall–Kier alpha value is -1.65. The lowest BCUT2D eigenvalue weighted by atomic mass is 10.1. The first-order valence-electron chi connectivity index (χ1n) is 7.86. The van der Waals surface area contributed by atoms with E-state index < -0.39 is 0 Å². The molecule has 0 bridgehead atoms. The zero-order valence-electron chi connectivity index (χ0n) is 12.9. The summed E-state index contributed by atoms with van der Waals surface area (Å²) in [5, 5.41) is 5.23. The van der Waals surface area contributed by atoms with Crippen LogP contribution < -0.4 is 5.32 Å². The van der Waals surface area contributed by atoms with Gasteiger partial charge in [-0.05, 0) is 43.3 Å². The molecular formula is C18H22N2OS. The largest absolute Gasteiger partial charge is 0.348 e. The minimum absolute atomic E-state index is 0.0523. The molecule has 1 aliphatic rings. The number of rotatable bonds is 5. The van der Waals surface area contributed by atoms with Crippen molar-refractivity contribution in [2.45, 2.75) is 31.8 Å². The third-order valence-electron chi connectivity index (χ3n) is 4.26. The maximum atomic E-state index is 12.3. The van der Waals surface area contributed by atoms with Gasteiger partial charge in [-0.25, -0.2) is 0 Å². The van der Waals surface area contributed by atoms with Gasteiger partial charge in [-0.15, -0.1) is 11.3 Å². The van der Waals surface area contributed by atoms with Crippen LogP contribution >= 0.6 is 11.3 Å². The van der Waals surface area contributed by atoms with Crippen LogP contribution in [0.5, 0.6) is 0 Å². The van der Waals surface area contributed by atoms with Gasteiger partial charge in [0, 0.05) is 10.9 Å². The van der Waals surface area contributed by atoms with Crippen molar-refractivity contribution < 1.29 is 4.79 Å². The van der Waals surface area contributed by atoms with Crippen LogP contribution in [0.15, 0.2) is 47.8 Å². The van der Waals surface area contributed by atoms with Gasteiger partial charge < -0.3 is 5.32 Å². The molecule has 0 radical (unpaired) electrons. The van der Waals surface area contributed by atoms with E-state index in [-0.39, 0.29) is 11.9 Å². The van der Waals surface area contributed by atoms with Gasteiger partial charge >= 0.3 is 0 Å². The van der Waals surface area contributed by atoms with Crippen LogP contribution in [-0.2, 0) is 4.79 Å². The van der Waals surface area contributed by atoms with Gasteiger partial charge in [0.05, 0.1) is 12.6 Å². The normalized spacial score (nSPS) is 20.0. The summed E-state index contributed by atoms with van der Waals surface area (Å²) in [5.41, 5.74) is 1.15. The Kier molecular flexibility index (Phi) is 4.90. The van der Waals surface area contributed by atoms with Crippen molar-refractivity contribution in [2.75, 3.05) is 13.1 Å². The molecule has 2 heterocycles. The van der Waals surface area contributed by atoms with E-state index in [9.17, 15) is 4.79 Å². The number of nitrogens with one attached hydrogen (secondary N) is 1. The van der Waals surface area contributed by atoms with Crippen LogP contribution in [0.4, 0.5) is 0 Å². The average Bonchev–Trinajstić information content (AvgIpc) is 3.18. The summed E-state index contributed by atoms with van der Waals surface area (Å²) >= 11 is 1.79. The summed E-state index contributed by atoms with van der Waals surface area (Å²) in [5.74, 6) is 0.111. The Labute approximate surface area is 136 Å². The topological polar surface area (TPSA) is 32.3 Å². The lowest BCUT2D eigenvalue weighted by Crippen LogP contribution is -2.37. The molecule has 3 nitrogen and oxygen atoms in total. The van der Waals surface area contributed by atoms with Crippen molar-refractivity contribution in [2.24, 2.45) is 0 Å². The highest BCUT2D eigenvalue weighted by molar-refractivity contribution is 7.10. The molecule has 1 fully saturated rings. The number of nitrogens with zero attached hydrogens (tertiary/aromatic N) is 1. The minimum Gasteiger partial charge on any atom is -0.348 e. The molecule has 0 saturated carbocycles. The lowest BCUT2D eigenvalue weighted by Gasteiger charge is -2.24. The van der Waals surface area contributed by atoms with E-state index in [4.69, 9.17) is 0 Å². The summed E-state index contributed by atoms with van der Waals surface area (Å²) in [6.07, 6.45) is 2.33. The second-order valence-electron chi connectivity index (χ2n) is 5.84. The zero-order valence-corrected chi connectivity index (χ0v) is 13.7. The molecule has 1 N–H and O–H groups in total. The van der Waals surface area contributed by atoms with Crippen molar-refractivity contribution in [1.82, 2.24) is 10.2 Å². The predicted molar refractivity (Wildman–Crippen MR) is 90.9 cm³/mol. The highest BCUT2D eigenvalue weighted by Gasteiger charge is 2.28. The Morgan fingerprint density at radius 3 is 2.86 bits per heavy atom. The fourth-order valence-electron chi connectivity index (χ4n) is 3.12. The second kappa shape index (κ2) is 7.07. The molecule has 1 aromatic heterocycles. The van der Waals surface area contributed by atoms with Gasteiger partial charge in [0.15, 0.2) is 0 Å². The molecule has 0 unspecified atom stereocenters. The minimum atomic E-state index is 0.0523. The Morgan fingerprint density at radius 1 is 1.32 bits per heavy atom. The van der Waals surface area contributed by atoms with Gasteiger partial charge in [0.25, 0.3) is 0 Å². The van der Waals surface area contributed by atoms with E-state index in [1.807, 2.05) is 25.1 Å². The summed E-state index contributed by atoms with van der Waals surface area (Å²) in [6.45, 7) is 3.53. The van der Waals surface area contributed by atoms with Gasteiger partial charge in [0.1, 0.15) is 0 Å². The second-order valence-corrected chi connectivity index (χ2v) is 6.82. The van der Waals surface area contributed by atoms with E-state index in [1.54, 1.807) is 11.3 Å². The third-order valence-corrected chi connectivity index (χ3v) is 5.23. The smallest absolute Gasteiger partial charge is 0.234 e. The first kappa shape index (κ1) is 15.3. The quantitative estimate of drug-likeness (QED) is 0.911. The van der Waals surface area contributed by atoms with Gasteiger partial charge in [-0.2, -0.15) is 0 Å². The molecule has 2 aromatic rings. The van der Waals surface area contributed by atoms with Gasteiger partial charge in [0.2, 0.25) is 5.91 Å². The maximum Gasteiger partial charge on any atom is 0.234 e. The number of hydrogen-bond acceptors (Lipinski definition) is 3. The van der Waals surface area contributed by atoms with Crippen molar-refractivity contribution in [3.05, 3.63) is 58.3 Å². The third kappa shape index (κ3) is 3.57. The van der Waals surface area contributed by atoms with Crippen molar-refractivity contribution in [3.8, 4) is 0 Å². The van der Waals surface area contributed by atoms with E-state index in [2.05, 4.69) is 39.9 Å². The molecule has 1 aromatic carbocycles. The van der Waals surface area contributed by atoms with Crippen LogP contribution in [-0.4, -0.2) is 23.9 Å². The number of thiophene rings is 1.